The number of carbonyl (C=O) groups excluding carboxylic acids is 2. The first-order valence-corrected chi connectivity index (χ1v) is 39.0. The molecule has 8 aromatic rings. The summed E-state index contributed by atoms with van der Waals surface area (Å²) in [5, 5.41) is 26.5. The monoisotopic (exact) mass is 1440 g/mol. The maximum absolute atomic E-state index is 16.5. The molecule has 0 saturated carbocycles. The van der Waals surface area contributed by atoms with Crippen LogP contribution in [0.3, 0.4) is 0 Å². The van der Waals surface area contributed by atoms with Crippen molar-refractivity contribution in [3.63, 3.8) is 0 Å². The van der Waals surface area contributed by atoms with E-state index in [2.05, 4.69) is 90.1 Å². The third kappa shape index (κ3) is 21.9. The predicted octanol–water partition coefficient (Wildman–Crippen LogP) is 15.3. The van der Waals surface area contributed by atoms with Crippen LogP contribution in [0.4, 0.5) is 8.78 Å². The van der Waals surface area contributed by atoms with Crippen LogP contribution in [0.2, 0.25) is 10.1 Å². The van der Waals surface area contributed by atoms with Crippen LogP contribution in [-0.2, 0) is 50.5 Å². The van der Waals surface area contributed by atoms with E-state index >= 15 is 8.78 Å². The van der Waals surface area contributed by atoms with E-state index in [0.29, 0.717) is 31.8 Å². The van der Waals surface area contributed by atoms with E-state index < -0.39 is 88.7 Å². The molecule has 0 aliphatic carbocycles. The molecular formula is C85H102F2O14Si2. The minimum absolute atomic E-state index is 0.0281. The third-order valence-electron chi connectivity index (χ3n) is 18.2. The Hall–Kier alpha value is -8.25. The Kier molecular flexibility index (Phi) is 29.7. The number of aliphatic hydroxyl groups excluding tert-OH is 2. The number of hydrogen-bond donors (Lipinski definition) is 2. The summed E-state index contributed by atoms with van der Waals surface area (Å²) >= 11 is 0. The van der Waals surface area contributed by atoms with Crippen molar-refractivity contribution in [1.82, 2.24) is 0 Å². The van der Waals surface area contributed by atoms with E-state index in [9.17, 15) is 19.8 Å². The van der Waals surface area contributed by atoms with Gasteiger partial charge in [-0.3, -0.25) is 0 Å². The Morgan fingerprint density at radius 3 is 1.24 bits per heavy atom. The summed E-state index contributed by atoms with van der Waals surface area (Å²) in [6.07, 6.45) is -5.24. The highest BCUT2D eigenvalue weighted by atomic mass is 28.4. The van der Waals surface area contributed by atoms with Crippen LogP contribution in [0, 0.1) is 0 Å². The van der Waals surface area contributed by atoms with Gasteiger partial charge < -0.3 is 57.0 Å². The van der Waals surface area contributed by atoms with Crippen LogP contribution >= 0.6 is 0 Å². The second-order valence-corrected chi connectivity index (χ2v) is 36.9. The Bertz CT molecular complexity index is 3820. The number of rotatable bonds is 33. The fraction of sp³-hybridized carbons (Fsp3) is 0.365. The standard InChI is InChI=1S/C44H53FO7Si.C41H49FO7Si/c1-32(48-31-33-24-26-35(47-7)27-25-33)23-28-38(45)40(50-42(46)34-17-11-8-12-18-34)41-39(51-44(5,6)52-41)29-30-49-53(43(2,3)4,36-19-13-9-14-20-36)37-21-15-10-16-22-37;1-30(47-29-31-22-24-33(46-5)25-23-31)21-26-36(42)39(49-40(45)32-15-9-6-10-16-32)38(44)37(43)27-28-48-50(41(2,3)4,34-17-11-7-12-18-34)35-19-13-8-14-20-35/h8-22,24-28,32,39-41H,23,29-31H2,1-7H3;6-20,22-26,30,37-39,43-44H,21,27-29H2,1-5H3/b38-28+;36-26+/t32-,39?,40?,41?;30-,37?,38?,39?/m11/s1. The van der Waals surface area contributed by atoms with Crippen molar-refractivity contribution >= 4 is 49.3 Å². The average molecular weight is 1440 g/mol. The zero-order valence-corrected chi connectivity index (χ0v) is 63.4. The first-order chi connectivity index (χ1) is 49.3. The van der Waals surface area contributed by atoms with Crippen LogP contribution in [0.5, 0.6) is 11.5 Å². The highest BCUT2D eigenvalue weighted by Crippen LogP contribution is 2.41. The lowest BCUT2D eigenvalue weighted by molar-refractivity contribution is -0.154. The van der Waals surface area contributed by atoms with Gasteiger partial charge in [-0.15, -0.1) is 0 Å². The summed E-state index contributed by atoms with van der Waals surface area (Å²) in [5.41, 5.74) is 2.40. The van der Waals surface area contributed by atoms with Crippen molar-refractivity contribution < 1.29 is 75.3 Å². The average Bonchev–Trinajstić information content (AvgIpc) is 1.30. The van der Waals surface area contributed by atoms with E-state index in [1.54, 1.807) is 83.5 Å². The molecule has 18 heteroatoms. The number of benzene rings is 8. The maximum atomic E-state index is 16.5. The van der Waals surface area contributed by atoms with Gasteiger partial charge in [-0.1, -0.05) is 224 Å². The lowest BCUT2D eigenvalue weighted by Crippen LogP contribution is -2.66. The first-order valence-electron chi connectivity index (χ1n) is 35.2. The number of aliphatic hydroxyl groups is 2. The van der Waals surface area contributed by atoms with Crippen LogP contribution in [0.1, 0.15) is 127 Å². The number of esters is 2. The molecule has 1 aliphatic rings. The lowest BCUT2D eigenvalue weighted by atomic mass is 10.0. The minimum Gasteiger partial charge on any atom is -0.497 e. The molecule has 0 amide bonds. The van der Waals surface area contributed by atoms with Crippen LogP contribution in [0.25, 0.3) is 0 Å². The van der Waals surface area contributed by atoms with Crippen LogP contribution in [0.15, 0.2) is 254 Å². The number of hydrogen-bond acceptors (Lipinski definition) is 14. The fourth-order valence-electron chi connectivity index (χ4n) is 12.8. The molecule has 14 nitrogen and oxygen atoms in total. The van der Waals surface area contributed by atoms with Crippen molar-refractivity contribution in [3.05, 3.63) is 277 Å². The van der Waals surface area contributed by atoms with Crippen molar-refractivity contribution in [2.75, 3.05) is 27.4 Å². The van der Waals surface area contributed by atoms with Gasteiger partial charge in [0.15, 0.2) is 18.0 Å². The molecule has 6 unspecified atom stereocenters. The molecule has 1 aliphatic heterocycles. The maximum Gasteiger partial charge on any atom is 0.338 e. The van der Waals surface area contributed by atoms with E-state index in [1.165, 1.54) is 24.3 Å². The molecule has 0 aromatic heterocycles. The zero-order chi connectivity index (χ0) is 74.2. The predicted molar refractivity (Wildman–Crippen MR) is 406 cm³/mol. The summed E-state index contributed by atoms with van der Waals surface area (Å²) in [5.74, 6) is -2.54. The van der Waals surface area contributed by atoms with Crippen molar-refractivity contribution in [1.29, 1.82) is 0 Å². The van der Waals surface area contributed by atoms with E-state index in [4.69, 9.17) is 46.7 Å². The van der Waals surface area contributed by atoms with Gasteiger partial charge in [0.1, 0.15) is 35.4 Å². The number of ether oxygens (including phenoxy) is 8. The molecule has 103 heavy (non-hydrogen) atoms. The SMILES string of the molecule is COc1ccc(CO[C@H](C)C/C=C(/F)C(OC(=O)c2ccccc2)C(O)C(O)CCO[Si](c2ccccc2)(c2ccccc2)C(C)(C)C)cc1.COc1ccc(CO[C@H](C)C/C=C(/F)C(OC(=O)c2ccccc2)C2OC(C)(C)OC2CCO[Si](c2ccccc2)(c2ccccc2)C(C)(C)C)cc1. The smallest absolute Gasteiger partial charge is 0.338 e. The lowest BCUT2D eigenvalue weighted by Gasteiger charge is -2.43. The number of carbonyl (C=O) groups is 2. The third-order valence-corrected chi connectivity index (χ3v) is 28.3. The Labute approximate surface area is 609 Å². The normalized spacial score (nSPS) is 16.8. The second-order valence-electron chi connectivity index (χ2n) is 28.3. The van der Waals surface area contributed by atoms with E-state index in [1.807, 2.05) is 128 Å². The molecule has 2 N–H and O–H groups in total. The summed E-state index contributed by atoms with van der Waals surface area (Å²) in [4.78, 5) is 26.5. The molecule has 0 spiro atoms. The summed E-state index contributed by atoms with van der Waals surface area (Å²) in [6.45, 7) is 21.4. The zero-order valence-electron chi connectivity index (χ0n) is 61.4. The van der Waals surface area contributed by atoms with Gasteiger partial charge in [0.05, 0.1) is 63.0 Å². The van der Waals surface area contributed by atoms with Gasteiger partial charge in [0.2, 0.25) is 0 Å². The van der Waals surface area contributed by atoms with Gasteiger partial charge in [0.25, 0.3) is 16.6 Å². The molecular weight excluding hydrogens is 1340 g/mol. The quantitative estimate of drug-likeness (QED) is 0.0295. The van der Waals surface area contributed by atoms with Crippen LogP contribution < -0.4 is 30.2 Å². The largest absolute Gasteiger partial charge is 0.497 e. The molecule has 548 valence electrons. The molecule has 9 rings (SSSR count). The van der Waals surface area contributed by atoms with Gasteiger partial charge in [0, 0.05) is 13.2 Å². The number of halogens is 2. The fourth-order valence-corrected chi connectivity index (χ4v) is 22.0. The van der Waals surface area contributed by atoms with E-state index in [0.717, 1.165) is 43.4 Å². The number of methoxy groups -OCH3 is 2. The second kappa shape index (κ2) is 38.0. The topological polar surface area (TPSA) is 167 Å². The van der Waals surface area contributed by atoms with E-state index in [-0.39, 0.29) is 47.6 Å². The van der Waals surface area contributed by atoms with Gasteiger partial charge >= 0.3 is 11.9 Å². The first kappa shape index (κ1) is 80.4. The highest BCUT2D eigenvalue weighted by Gasteiger charge is 2.53. The molecule has 8 atom stereocenters. The molecule has 0 radical (unpaired) electrons. The minimum atomic E-state index is -2.92. The van der Waals surface area contributed by atoms with Crippen molar-refractivity contribution in [2.45, 2.75) is 173 Å². The highest BCUT2D eigenvalue weighted by molar-refractivity contribution is 7.00. The summed E-state index contributed by atoms with van der Waals surface area (Å²) in [6, 6.07) is 72.7. The Morgan fingerprint density at radius 1 is 0.505 bits per heavy atom. The van der Waals surface area contributed by atoms with Gasteiger partial charge in [-0.05, 0) is 156 Å². The molecule has 8 aromatic carbocycles. The van der Waals surface area contributed by atoms with Gasteiger partial charge in [-0.2, -0.15) is 0 Å². The van der Waals surface area contributed by atoms with Gasteiger partial charge in [-0.25, -0.2) is 18.4 Å². The Balaban J connectivity index is 0.000000262. The summed E-state index contributed by atoms with van der Waals surface area (Å²) in [7, 11) is -2.55. The molecule has 1 heterocycles. The van der Waals surface area contributed by atoms with Crippen molar-refractivity contribution in [2.24, 2.45) is 0 Å². The molecule has 0 bridgehead atoms. The van der Waals surface area contributed by atoms with Crippen molar-refractivity contribution in [3.8, 4) is 11.5 Å². The molecule has 1 saturated heterocycles. The Morgan fingerprint density at radius 2 is 0.864 bits per heavy atom. The summed E-state index contributed by atoms with van der Waals surface area (Å²) < 4.78 is 93.0. The molecule has 1 fully saturated rings. The van der Waals surface area contributed by atoms with Crippen LogP contribution in [-0.4, -0.2) is 121 Å².